The summed E-state index contributed by atoms with van der Waals surface area (Å²) in [4.78, 5) is 21.9. The molecule has 1 spiro atoms. The highest BCUT2D eigenvalue weighted by atomic mass is 19.1. The Balaban J connectivity index is 1.30. The minimum absolute atomic E-state index is 0.0590. The van der Waals surface area contributed by atoms with E-state index in [9.17, 15) is 9.18 Å². The van der Waals surface area contributed by atoms with Crippen molar-refractivity contribution in [1.82, 2.24) is 14.8 Å². The van der Waals surface area contributed by atoms with Gasteiger partial charge in [0.15, 0.2) is 0 Å². The predicted octanol–water partition coefficient (Wildman–Crippen LogP) is 3.86. The van der Waals surface area contributed by atoms with Gasteiger partial charge in [0.1, 0.15) is 5.82 Å². The van der Waals surface area contributed by atoms with Gasteiger partial charge >= 0.3 is 0 Å². The summed E-state index contributed by atoms with van der Waals surface area (Å²) in [5, 5.41) is 0.990. The highest BCUT2D eigenvalue weighted by Gasteiger charge is 2.50. The zero-order valence-electron chi connectivity index (χ0n) is 15.6. The van der Waals surface area contributed by atoms with Crippen LogP contribution in [-0.4, -0.2) is 45.9 Å². The number of fused-ring (bicyclic) bond motifs is 1. The Morgan fingerprint density at radius 2 is 1.86 bits per heavy atom. The van der Waals surface area contributed by atoms with Crippen molar-refractivity contribution in [3.63, 3.8) is 0 Å². The molecule has 2 aromatic carbocycles. The Morgan fingerprint density at radius 1 is 1.07 bits per heavy atom. The first-order valence-corrected chi connectivity index (χ1v) is 9.77. The highest BCUT2D eigenvalue weighted by Crippen LogP contribution is 2.40. The van der Waals surface area contributed by atoms with Gasteiger partial charge in [-0.05, 0) is 42.7 Å². The number of amides is 1. The average molecular weight is 375 g/mol. The van der Waals surface area contributed by atoms with Crippen LogP contribution < -0.4 is 0 Å². The molecule has 1 aromatic heterocycles. The topological polar surface area (TPSA) is 36.4 Å². The van der Waals surface area contributed by atoms with Gasteiger partial charge in [0, 0.05) is 43.3 Å². The van der Waals surface area contributed by atoms with Crippen LogP contribution in [0.1, 0.15) is 28.8 Å². The standard InChI is InChI=1S/C23H22FN3O/c24-20-7-5-17(6-8-20)15-27-12-10-23(27)9-11-26(16-23)22(28)19-13-18-3-1-2-4-21(18)25-14-19/h1-8,13-14H,9-12,15-16H2/t23-/m1/s1. The summed E-state index contributed by atoms with van der Waals surface area (Å²) in [5.41, 5.74) is 2.74. The maximum atomic E-state index is 13.2. The number of para-hydroxylation sites is 1. The molecule has 0 radical (unpaired) electrons. The van der Waals surface area contributed by atoms with Crippen molar-refractivity contribution >= 4 is 16.8 Å². The van der Waals surface area contributed by atoms with Gasteiger partial charge < -0.3 is 4.90 Å². The number of carbonyl (C=O) groups is 1. The van der Waals surface area contributed by atoms with Crippen LogP contribution in [0.15, 0.2) is 60.8 Å². The van der Waals surface area contributed by atoms with E-state index in [1.54, 1.807) is 6.20 Å². The van der Waals surface area contributed by atoms with Crippen LogP contribution in [0.3, 0.4) is 0 Å². The Labute approximate surface area is 163 Å². The molecule has 0 aliphatic carbocycles. The fourth-order valence-electron chi connectivity index (χ4n) is 4.51. The molecule has 2 aliphatic rings. The van der Waals surface area contributed by atoms with Gasteiger partial charge in [0.05, 0.1) is 11.1 Å². The molecule has 2 fully saturated rings. The largest absolute Gasteiger partial charge is 0.337 e. The van der Waals surface area contributed by atoms with Crippen LogP contribution in [0.5, 0.6) is 0 Å². The number of aromatic nitrogens is 1. The molecule has 3 heterocycles. The number of likely N-dealkylation sites (tertiary alicyclic amines) is 2. The van der Waals surface area contributed by atoms with E-state index in [1.165, 1.54) is 12.1 Å². The van der Waals surface area contributed by atoms with E-state index in [4.69, 9.17) is 0 Å². The van der Waals surface area contributed by atoms with E-state index in [1.807, 2.05) is 47.4 Å². The third-order valence-electron chi connectivity index (χ3n) is 6.26. The van der Waals surface area contributed by atoms with Crippen LogP contribution in [0.25, 0.3) is 10.9 Å². The molecule has 28 heavy (non-hydrogen) atoms. The van der Waals surface area contributed by atoms with Crippen LogP contribution >= 0.6 is 0 Å². The maximum absolute atomic E-state index is 13.2. The summed E-state index contributed by atoms with van der Waals surface area (Å²) < 4.78 is 13.2. The lowest BCUT2D eigenvalue weighted by Gasteiger charge is -2.50. The maximum Gasteiger partial charge on any atom is 0.255 e. The zero-order chi connectivity index (χ0) is 19.1. The Bertz CT molecular complexity index is 1040. The highest BCUT2D eigenvalue weighted by molar-refractivity contribution is 5.97. The SMILES string of the molecule is O=C(c1cnc2ccccc2c1)N1CC[C@@]2(CCN2Cc2ccc(F)cc2)C1. The molecule has 0 unspecified atom stereocenters. The molecule has 5 heteroatoms. The van der Waals surface area contributed by atoms with Gasteiger partial charge in [-0.2, -0.15) is 0 Å². The second kappa shape index (κ2) is 6.67. The molecule has 0 N–H and O–H groups in total. The summed E-state index contributed by atoms with van der Waals surface area (Å²) in [5.74, 6) is -0.146. The van der Waals surface area contributed by atoms with Gasteiger partial charge in [0.25, 0.3) is 5.91 Å². The molecule has 0 bridgehead atoms. The molecular formula is C23H22FN3O. The van der Waals surface area contributed by atoms with Crippen LogP contribution in [0.2, 0.25) is 0 Å². The molecular weight excluding hydrogens is 353 g/mol. The second-order valence-electron chi connectivity index (χ2n) is 7.92. The normalized spacial score (nSPS) is 22.0. The monoisotopic (exact) mass is 375 g/mol. The minimum atomic E-state index is -0.205. The molecule has 142 valence electrons. The van der Waals surface area contributed by atoms with Gasteiger partial charge in [0.2, 0.25) is 0 Å². The number of rotatable bonds is 3. The molecule has 2 saturated heterocycles. The average Bonchev–Trinajstić information content (AvgIpc) is 3.20. The van der Waals surface area contributed by atoms with Crippen molar-refractivity contribution in [2.75, 3.05) is 19.6 Å². The first kappa shape index (κ1) is 17.3. The number of nitrogens with zero attached hydrogens (tertiary/aromatic N) is 3. The third kappa shape index (κ3) is 2.96. The van der Waals surface area contributed by atoms with E-state index in [0.717, 1.165) is 55.5 Å². The Morgan fingerprint density at radius 3 is 2.64 bits per heavy atom. The minimum Gasteiger partial charge on any atom is -0.337 e. The predicted molar refractivity (Wildman–Crippen MR) is 106 cm³/mol. The number of hydrogen-bond donors (Lipinski definition) is 0. The van der Waals surface area contributed by atoms with Gasteiger partial charge in [-0.25, -0.2) is 4.39 Å². The van der Waals surface area contributed by atoms with Gasteiger partial charge in [-0.15, -0.1) is 0 Å². The number of halogens is 1. The molecule has 2 aliphatic heterocycles. The van der Waals surface area contributed by atoms with Gasteiger partial charge in [-0.1, -0.05) is 30.3 Å². The Kier molecular flexibility index (Phi) is 4.13. The van der Waals surface area contributed by atoms with Crippen molar-refractivity contribution in [3.05, 3.63) is 77.7 Å². The Hall–Kier alpha value is -2.79. The van der Waals surface area contributed by atoms with E-state index < -0.39 is 0 Å². The number of carbonyl (C=O) groups excluding carboxylic acids is 1. The van der Waals surface area contributed by atoms with Crippen molar-refractivity contribution in [2.45, 2.75) is 24.9 Å². The molecule has 4 nitrogen and oxygen atoms in total. The van der Waals surface area contributed by atoms with E-state index >= 15 is 0 Å². The van der Waals surface area contributed by atoms with Crippen LogP contribution in [0, 0.1) is 5.82 Å². The number of pyridine rings is 1. The first-order valence-electron chi connectivity index (χ1n) is 9.77. The smallest absolute Gasteiger partial charge is 0.255 e. The summed E-state index contributed by atoms with van der Waals surface area (Å²) in [6, 6.07) is 16.5. The summed E-state index contributed by atoms with van der Waals surface area (Å²) in [6.07, 6.45) is 3.78. The molecule has 0 saturated carbocycles. The molecule has 3 aromatic rings. The molecule has 5 rings (SSSR count). The quantitative estimate of drug-likeness (QED) is 0.697. The lowest BCUT2D eigenvalue weighted by atomic mass is 9.83. The summed E-state index contributed by atoms with van der Waals surface area (Å²) in [6.45, 7) is 3.35. The van der Waals surface area contributed by atoms with E-state index in [0.29, 0.717) is 5.56 Å². The molecule has 1 amide bonds. The lowest BCUT2D eigenvalue weighted by molar-refractivity contribution is -0.0131. The van der Waals surface area contributed by atoms with Crippen molar-refractivity contribution in [3.8, 4) is 0 Å². The van der Waals surface area contributed by atoms with Crippen molar-refractivity contribution in [1.29, 1.82) is 0 Å². The fraction of sp³-hybridized carbons (Fsp3) is 0.304. The fourth-order valence-corrected chi connectivity index (χ4v) is 4.51. The molecule has 1 atom stereocenters. The van der Waals surface area contributed by atoms with Crippen molar-refractivity contribution in [2.24, 2.45) is 0 Å². The van der Waals surface area contributed by atoms with E-state index in [2.05, 4.69) is 9.88 Å². The third-order valence-corrected chi connectivity index (χ3v) is 6.26. The summed E-state index contributed by atoms with van der Waals surface area (Å²) in [7, 11) is 0. The zero-order valence-corrected chi connectivity index (χ0v) is 15.6. The van der Waals surface area contributed by atoms with Crippen LogP contribution in [-0.2, 0) is 6.54 Å². The first-order chi connectivity index (χ1) is 13.6. The summed E-state index contributed by atoms with van der Waals surface area (Å²) >= 11 is 0. The van der Waals surface area contributed by atoms with Gasteiger partial charge in [-0.3, -0.25) is 14.7 Å². The van der Waals surface area contributed by atoms with E-state index in [-0.39, 0.29) is 17.3 Å². The number of hydrogen-bond acceptors (Lipinski definition) is 3. The van der Waals surface area contributed by atoms with Crippen LogP contribution in [0.4, 0.5) is 4.39 Å². The number of benzene rings is 2. The lowest BCUT2D eigenvalue weighted by Crippen LogP contribution is -2.60. The second-order valence-corrected chi connectivity index (χ2v) is 7.92. The van der Waals surface area contributed by atoms with Crippen molar-refractivity contribution < 1.29 is 9.18 Å².